The summed E-state index contributed by atoms with van der Waals surface area (Å²) < 4.78 is 5.17. The van der Waals surface area contributed by atoms with E-state index in [1.54, 1.807) is 11.0 Å². The summed E-state index contributed by atoms with van der Waals surface area (Å²) in [5.74, 6) is -1.31. The summed E-state index contributed by atoms with van der Waals surface area (Å²) in [6.45, 7) is 4.68. The standard InChI is InChI=1S/C23H25N3O4/c1-3-14-26(15-18-6-4-17(2)5-7-18)22(28)16-30-23(29)19-8-10-20(11-9-19)25-21(27)12-13-24/h4-11H,3,12,14-16H2,1-2H3,(H,25,27). The van der Waals surface area contributed by atoms with Crippen molar-refractivity contribution in [3.05, 3.63) is 65.2 Å². The van der Waals surface area contributed by atoms with Crippen LogP contribution >= 0.6 is 0 Å². The second-order valence-electron chi connectivity index (χ2n) is 6.84. The summed E-state index contributed by atoms with van der Waals surface area (Å²) in [5, 5.41) is 11.0. The first-order valence-corrected chi connectivity index (χ1v) is 9.70. The molecule has 0 bridgehead atoms. The van der Waals surface area contributed by atoms with E-state index in [1.165, 1.54) is 24.3 Å². The van der Waals surface area contributed by atoms with E-state index in [9.17, 15) is 14.4 Å². The molecule has 0 unspecified atom stereocenters. The van der Waals surface area contributed by atoms with Gasteiger partial charge in [-0.3, -0.25) is 9.59 Å². The molecule has 0 spiro atoms. The van der Waals surface area contributed by atoms with Crippen molar-refractivity contribution in [3.8, 4) is 6.07 Å². The highest BCUT2D eigenvalue weighted by Gasteiger charge is 2.16. The lowest BCUT2D eigenvalue weighted by atomic mass is 10.1. The zero-order chi connectivity index (χ0) is 21.9. The Balaban J connectivity index is 1.91. The van der Waals surface area contributed by atoms with E-state index < -0.39 is 11.9 Å². The predicted molar refractivity (Wildman–Crippen MR) is 112 cm³/mol. The Morgan fingerprint density at radius 2 is 1.73 bits per heavy atom. The summed E-state index contributed by atoms with van der Waals surface area (Å²) in [6, 6.07) is 15.8. The van der Waals surface area contributed by atoms with Gasteiger partial charge in [-0.1, -0.05) is 36.8 Å². The van der Waals surface area contributed by atoms with Gasteiger partial charge < -0.3 is 15.0 Å². The Kier molecular flexibility index (Phi) is 8.57. The third kappa shape index (κ3) is 7.06. The normalized spacial score (nSPS) is 10.0. The number of aryl methyl sites for hydroxylation is 1. The van der Waals surface area contributed by atoms with E-state index in [0.29, 0.717) is 18.8 Å². The average molecular weight is 407 g/mol. The van der Waals surface area contributed by atoms with Gasteiger partial charge in [0.1, 0.15) is 6.42 Å². The molecule has 2 rings (SSSR count). The number of esters is 1. The van der Waals surface area contributed by atoms with E-state index in [0.717, 1.165) is 17.5 Å². The molecule has 156 valence electrons. The maximum Gasteiger partial charge on any atom is 0.338 e. The molecule has 0 aromatic heterocycles. The molecule has 0 saturated heterocycles. The zero-order valence-corrected chi connectivity index (χ0v) is 17.2. The Morgan fingerprint density at radius 1 is 1.07 bits per heavy atom. The maximum absolute atomic E-state index is 12.6. The van der Waals surface area contributed by atoms with Crippen molar-refractivity contribution in [2.75, 3.05) is 18.5 Å². The third-order valence-electron chi connectivity index (χ3n) is 4.31. The highest BCUT2D eigenvalue weighted by Crippen LogP contribution is 2.12. The molecule has 0 atom stereocenters. The van der Waals surface area contributed by atoms with Crippen LogP contribution in [0.25, 0.3) is 0 Å². The number of hydrogen-bond donors (Lipinski definition) is 1. The number of nitrogens with one attached hydrogen (secondary N) is 1. The highest BCUT2D eigenvalue weighted by molar-refractivity contribution is 5.94. The van der Waals surface area contributed by atoms with Crippen LogP contribution in [-0.2, 0) is 20.9 Å². The summed E-state index contributed by atoms with van der Waals surface area (Å²) in [5.41, 5.74) is 2.90. The van der Waals surface area contributed by atoms with Crippen molar-refractivity contribution >= 4 is 23.5 Å². The first kappa shape index (κ1) is 22.6. The number of nitriles is 1. The quantitative estimate of drug-likeness (QED) is 0.642. The van der Waals surface area contributed by atoms with Crippen molar-refractivity contribution < 1.29 is 19.1 Å². The minimum absolute atomic E-state index is 0.247. The fourth-order valence-electron chi connectivity index (χ4n) is 2.74. The molecule has 0 fully saturated rings. The van der Waals surface area contributed by atoms with Crippen LogP contribution in [-0.4, -0.2) is 35.8 Å². The lowest BCUT2D eigenvalue weighted by molar-refractivity contribution is -0.135. The van der Waals surface area contributed by atoms with Crippen LogP contribution in [0.1, 0.15) is 41.3 Å². The van der Waals surface area contributed by atoms with Crippen LogP contribution in [0.5, 0.6) is 0 Å². The van der Waals surface area contributed by atoms with Crippen LogP contribution in [0, 0.1) is 18.3 Å². The van der Waals surface area contributed by atoms with Gasteiger partial charge in [0.25, 0.3) is 5.91 Å². The molecule has 1 N–H and O–H groups in total. The smallest absolute Gasteiger partial charge is 0.338 e. The number of carbonyl (C=O) groups excluding carboxylic acids is 3. The molecule has 0 heterocycles. The highest BCUT2D eigenvalue weighted by atomic mass is 16.5. The summed E-state index contributed by atoms with van der Waals surface area (Å²) in [4.78, 5) is 37.9. The lowest BCUT2D eigenvalue weighted by Gasteiger charge is -2.22. The van der Waals surface area contributed by atoms with Gasteiger partial charge in [-0.15, -0.1) is 0 Å². The van der Waals surface area contributed by atoms with Gasteiger partial charge in [-0.2, -0.15) is 5.26 Å². The Hall–Kier alpha value is -3.66. The molecule has 2 amide bonds. The van der Waals surface area contributed by atoms with Gasteiger partial charge in [0, 0.05) is 18.8 Å². The minimum atomic E-state index is -0.620. The molecular weight excluding hydrogens is 382 g/mol. The SMILES string of the molecule is CCCN(Cc1ccc(C)cc1)C(=O)COC(=O)c1ccc(NC(=O)CC#N)cc1. The number of amides is 2. The van der Waals surface area contributed by atoms with E-state index >= 15 is 0 Å². The summed E-state index contributed by atoms with van der Waals surface area (Å²) >= 11 is 0. The lowest BCUT2D eigenvalue weighted by Crippen LogP contribution is -2.34. The molecule has 0 saturated carbocycles. The van der Waals surface area contributed by atoms with Crippen LogP contribution in [0.4, 0.5) is 5.69 Å². The largest absolute Gasteiger partial charge is 0.452 e. The van der Waals surface area contributed by atoms with Crippen molar-refractivity contribution in [1.82, 2.24) is 4.90 Å². The van der Waals surface area contributed by atoms with Crippen molar-refractivity contribution in [1.29, 1.82) is 5.26 Å². The molecule has 0 aliphatic heterocycles. The number of ether oxygens (including phenoxy) is 1. The molecule has 0 radical (unpaired) electrons. The Labute approximate surface area is 176 Å². The van der Waals surface area contributed by atoms with Crippen LogP contribution in [0.15, 0.2) is 48.5 Å². The van der Waals surface area contributed by atoms with Crippen molar-refractivity contribution in [2.45, 2.75) is 33.2 Å². The molecule has 7 nitrogen and oxygen atoms in total. The van der Waals surface area contributed by atoms with Gasteiger partial charge in [-0.05, 0) is 43.2 Å². The zero-order valence-electron chi connectivity index (χ0n) is 17.2. The number of hydrogen-bond acceptors (Lipinski definition) is 5. The number of anilines is 1. The molecule has 2 aromatic rings. The van der Waals surface area contributed by atoms with Crippen molar-refractivity contribution in [2.24, 2.45) is 0 Å². The molecule has 7 heteroatoms. The number of benzene rings is 2. The van der Waals surface area contributed by atoms with Gasteiger partial charge >= 0.3 is 5.97 Å². The monoisotopic (exact) mass is 407 g/mol. The average Bonchev–Trinajstić information content (AvgIpc) is 2.73. The molecule has 0 aliphatic carbocycles. The van der Waals surface area contributed by atoms with Gasteiger partial charge in [0.2, 0.25) is 5.91 Å². The van der Waals surface area contributed by atoms with Gasteiger partial charge in [0.15, 0.2) is 6.61 Å². The molecule has 2 aromatic carbocycles. The maximum atomic E-state index is 12.6. The van der Waals surface area contributed by atoms with E-state index in [-0.39, 0.29) is 24.5 Å². The second-order valence-corrected chi connectivity index (χ2v) is 6.84. The summed E-state index contributed by atoms with van der Waals surface area (Å²) in [7, 11) is 0. The van der Waals surface area contributed by atoms with E-state index in [1.807, 2.05) is 38.1 Å². The third-order valence-corrected chi connectivity index (χ3v) is 4.31. The topological polar surface area (TPSA) is 99.5 Å². The molecular formula is C23H25N3O4. The summed E-state index contributed by atoms with van der Waals surface area (Å²) in [6.07, 6.45) is 0.549. The first-order chi connectivity index (χ1) is 14.4. The second kappa shape index (κ2) is 11.4. The van der Waals surface area contributed by atoms with Crippen molar-refractivity contribution in [3.63, 3.8) is 0 Å². The van der Waals surface area contributed by atoms with Crippen LogP contribution in [0.2, 0.25) is 0 Å². The fraction of sp³-hybridized carbons (Fsp3) is 0.304. The number of rotatable bonds is 9. The fourth-order valence-corrected chi connectivity index (χ4v) is 2.74. The Bertz CT molecular complexity index is 915. The van der Waals surface area contributed by atoms with Crippen LogP contribution < -0.4 is 5.32 Å². The number of carbonyl (C=O) groups is 3. The molecule has 30 heavy (non-hydrogen) atoms. The van der Waals surface area contributed by atoms with Crippen LogP contribution in [0.3, 0.4) is 0 Å². The van der Waals surface area contributed by atoms with E-state index in [2.05, 4.69) is 5.32 Å². The van der Waals surface area contributed by atoms with Gasteiger partial charge in [0.05, 0.1) is 11.6 Å². The molecule has 0 aliphatic rings. The predicted octanol–water partition coefficient (Wildman–Crippen LogP) is 3.44. The first-order valence-electron chi connectivity index (χ1n) is 9.70. The number of nitrogens with zero attached hydrogens (tertiary/aromatic N) is 2. The minimum Gasteiger partial charge on any atom is -0.452 e. The van der Waals surface area contributed by atoms with E-state index in [4.69, 9.17) is 10.00 Å². The Morgan fingerprint density at radius 3 is 2.33 bits per heavy atom. The van der Waals surface area contributed by atoms with Gasteiger partial charge in [-0.25, -0.2) is 4.79 Å².